The zero-order chi connectivity index (χ0) is 20.6. The van der Waals surface area contributed by atoms with Crippen LogP contribution in [0.1, 0.15) is 17.7 Å². The van der Waals surface area contributed by atoms with Crippen molar-refractivity contribution < 1.29 is 14.1 Å². The van der Waals surface area contributed by atoms with Crippen LogP contribution in [0.15, 0.2) is 34.9 Å². The molecule has 1 aromatic carbocycles. The molecule has 0 spiro atoms. The average molecular weight is 420 g/mol. The van der Waals surface area contributed by atoms with Crippen molar-refractivity contribution in [2.45, 2.75) is 19.9 Å². The molecule has 2 heterocycles. The fourth-order valence-electron chi connectivity index (χ4n) is 3.17. The van der Waals surface area contributed by atoms with Crippen molar-refractivity contribution in [1.29, 1.82) is 0 Å². The van der Waals surface area contributed by atoms with Crippen LogP contribution in [-0.4, -0.2) is 66.0 Å². The van der Waals surface area contributed by atoms with Crippen LogP contribution in [0.2, 0.25) is 5.02 Å². The van der Waals surface area contributed by atoms with Gasteiger partial charge in [-0.2, -0.15) is 0 Å². The fourth-order valence-corrected chi connectivity index (χ4v) is 3.37. The monoisotopic (exact) mass is 419 g/mol. The van der Waals surface area contributed by atoms with Crippen molar-refractivity contribution in [2.24, 2.45) is 0 Å². The van der Waals surface area contributed by atoms with Crippen molar-refractivity contribution in [2.75, 3.05) is 44.6 Å². The molecule has 1 saturated heterocycles. The summed E-state index contributed by atoms with van der Waals surface area (Å²) in [6, 6.07) is 9.18. The van der Waals surface area contributed by atoms with Crippen LogP contribution in [0.5, 0.6) is 0 Å². The van der Waals surface area contributed by atoms with Crippen molar-refractivity contribution in [3.05, 3.63) is 46.7 Å². The molecule has 156 valence electrons. The van der Waals surface area contributed by atoms with Crippen LogP contribution in [-0.2, 0) is 16.1 Å². The third-order valence-corrected chi connectivity index (χ3v) is 5.19. The Balaban J connectivity index is 1.30. The minimum absolute atomic E-state index is 0.00892. The molecule has 2 amide bonds. The SMILES string of the molecule is Cc1cc(NC(=O)CN2CCN(CCC(=O)NCc3ccccc3Cl)CC2)no1. The second-order valence-corrected chi connectivity index (χ2v) is 7.51. The van der Waals surface area contributed by atoms with E-state index in [2.05, 4.69) is 25.6 Å². The minimum Gasteiger partial charge on any atom is -0.360 e. The number of carbonyl (C=O) groups is 2. The Hall–Kier alpha value is -2.42. The van der Waals surface area contributed by atoms with Gasteiger partial charge >= 0.3 is 0 Å². The average Bonchev–Trinajstić information content (AvgIpc) is 3.11. The molecule has 1 aliphatic heterocycles. The lowest BCUT2D eigenvalue weighted by atomic mass is 10.2. The molecule has 8 nitrogen and oxygen atoms in total. The number of nitrogens with zero attached hydrogens (tertiary/aromatic N) is 3. The topological polar surface area (TPSA) is 90.7 Å². The summed E-state index contributed by atoms with van der Waals surface area (Å²) in [4.78, 5) is 28.5. The quantitative estimate of drug-likeness (QED) is 0.679. The lowest BCUT2D eigenvalue weighted by Crippen LogP contribution is -2.49. The number of halogens is 1. The molecule has 0 saturated carbocycles. The lowest BCUT2D eigenvalue weighted by molar-refractivity contribution is -0.121. The first-order valence-corrected chi connectivity index (χ1v) is 10.1. The smallest absolute Gasteiger partial charge is 0.239 e. The summed E-state index contributed by atoms with van der Waals surface area (Å²) in [6.45, 7) is 6.46. The highest BCUT2D eigenvalue weighted by Crippen LogP contribution is 2.14. The normalized spacial score (nSPS) is 15.2. The van der Waals surface area contributed by atoms with E-state index in [1.54, 1.807) is 13.0 Å². The highest BCUT2D eigenvalue weighted by atomic mass is 35.5. The summed E-state index contributed by atoms with van der Waals surface area (Å²) in [7, 11) is 0. The lowest BCUT2D eigenvalue weighted by Gasteiger charge is -2.34. The van der Waals surface area contributed by atoms with E-state index in [-0.39, 0.29) is 11.8 Å². The number of amides is 2. The molecule has 1 aliphatic rings. The van der Waals surface area contributed by atoms with Gasteiger partial charge in [-0.25, -0.2) is 0 Å². The van der Waals surface area contributed by atoms with Gasteiger partial charge < -0.3 is 20.1 Å². The van der Waals surface area contributed by atoms with Gasteiger partial charge in [-0.05, 0) is 18.6 Å². The summed E-state index contributed by atoms with van der Waals surface area (Å²) in [5.74, 6) is 0.999. The summed E-state index contributed by atoms with van der Waals surface area (Å²) in [5.41, 5.74) is 0.912. The second-order valence-electron chi connectivity index (χ2n) is 7.11. The molecule has 2 aromatic rings. The van der Waals surface area contributed by atoms with Crippen molar-refractivity contribution in [1.82, 2.24) is 20.3 Å². The Morgan fingerprint density at radius 3 is 2.55 bits per heavy atom. The maximum atomic E-state index is 12.1. The second kappa shape index (κ2) is 10.4. The Kier molecular flexibility index (Phi) is 7.62. The number of piperazine rings is 1. The molecule has 0 aliphatic carbocycles. The van der Waals surface area contributed by atoms with Crippen LogP contribution in [0.3, 0.4) is 0 Å². The summed E-state index contributed by atoms with van der Waals surface area (Å²) in [6.07, 6.45) is 0.441. The van der Waals surface area contributed by atoms with Crippen LogP contribution >= 0.6 is 11.6 Å². The molecule has 0 atom stereocenters. The van der Waals surface area contributed by atoms with E-state index in [0.717, 1.165) is 31.7 Å². The van der Waals surface area contributed by atoms with Gasteiger partial charge in [0.05, 0.1) is 6.54 Å². The van der Waals surface area contributed by atoms with Gasteiger partial charge in [0.2, 0.25) is 11.8 Å². The van der Waals surface area contributed by atoms with Gasteiger partial charge in [0.1, 0.15) is 5.76 Å². The number of hydrogen-bond acceptors (Lipinski definition) is 6. The minimum atomic E-state index is -0.106. The summed E-state index contributed by atoms with van der Waals surface area (Å²) < 4.78 is 4.94. The number of carbonyl (C=O) groups excluding carboxylic acids is 2. The molecule has 0 radical (unpaired) electrons. The van der Waals surface area contributed by atoms with Crippen LogP contribution < -0.4 is 10.6 Å². The molecule has 3 rings (SSSR count). The number of benzene rings is 1. The molecular formula is C20H26ClN5O3. The number of aromatic nitrogens is 1. The first-order valence-electron chi connectivity index (χ1n) is 9.67. The molecule has 0 unspecified atom stereocenters. The van der Waals surface area contributed by atoms with Gasteiger partial charge in [-0.3, -0.25) is 14.5 Å². The molecule has 9 heteroatoms. The zero-order valence-electron chi connectivity index (χ0n) is 16.5. The van der Waals surface area contributed by atoms with Crippen molar-refractivity contribution in [3.63, 3.8) is 0 Å². The number of anilines is 1. The van der Waals surface area contributed by atoms with Crippen LogP contribution in [0, 0.1) is 6.92 Å². The Morgan fingerprint density at radius 2 is 1.86 bits per heavy atom. The van der Waals surface area contributed by atoms with E-state index in [9.17, 15) is 9.59 Å². The van der Waals surface area contributed by atoms with E-state index >= 15 is 0 Å². The van der Waals surface area contributed by atoms with Gasteiger partial charge in [-0.15, -0.1) is 0 Å². The van der Waals surface area contributed by atoms with E-state index in [4.69, 9.17) is 16.1 Å². The van der Waals surface area contributed by atoms with Gasteiger partial charge in [0, 0.05) is 56.8 Å². The maximum absolute atomic E-state index is 12.1. The van der Waals surface area contributed by atoms with E-state index < -0.39 is 0 Å². The number of aryl methyl sites for hydroxylation is 1. The predicted octanol–water partition coefficient (Wildman–Crippen LogP) is 1.90. The number of nitrogens with one attached hydrogen (secondary N) is 2. The largest absolute Gasteiger partial charge is 0.360 e. The first-order chi connectivity index (χ1) is 14.0. The molecular weight excluding hydrogens is 394 g/mol. The van der Waals surface area contributed by atoms with Gasteiger partial charge in [0.15, 0.2) is 5.82 Å². The first kappa shape index (κ1) is 21.3. The summed E-state index contributed by atoms with van der Waals surface area (Å²) in [5, 5.41) is 10.1. The summed E-state index contributed by atoms with van der Waals surface area (Å²) >= 11 is 6.10. The van der Waals surface area contributed by atoms with Gasteiger partial charge in [0.25, 0.3) is 0 Å². The Bertz CT molecular complexity index is 833. The molecule has 29 heavy (non-hydrogen) atoms. The highest BCUT2D eigenvalue weighted by Gasteiger charge is 2.20. The molecule has 1 aromatic heterocycles. The number of hydrogen-bond donors (Lipinski definition) is 2. The van der Waals surface area contributed by atoms with E-state index in [1.807, 2.05) is 24.3 Å². The zero-order valence-corrected chi connectivity index (χ0v) is 17.2. The Morgan fingerprint density at radius 1 is 1.14 bits per heavy atom. The third kappa shape index (κ3) is 6.85. The molecule has 0 bridgehead atoms. The van der Waals surface area contributed by atoms with Crippen LogP contribution in [0.25, 0.3) is 0 Å². The number of rotatable bonds is 8. The van der Waals surface area contributed by atoms with E-state index in [0.29, 0.717) is 42.7 Å². The van der Waals surface area contributed by atoms with Crippen molar-refractivity contribution >= 4 is 29.2 Å². The van der Waals surface area contributed by atoms with Gasteiger partial charge in [-0.1, -0.05) is 35.0 Å². The fraction of sp³-hybridized carbons (Fsp3) is 0.450. The molecule has 1 fully saturated rings. The molecule has 2 N–H and O–H groups in total. The van der Waals surface area contributed by atoms with Crippen LogP contribution in [0.4, 0.5) is 5.82 Å². The standard InChI is InChI=1S/C20H26ClN5O3/c1-15-12-18(24-29-15)23-20(28)14-26-10-8-25(9-11-26)7-6-19(27)22-13-16-4-2-3-5-17(16)21/h2-5,12H,6-11,13-14H2,1H3,(H,22,27)(H,23,24,28). The van der Waals surface area contributed by atoms with Crippen molar-refractivity contribution in [3.8, 4) is 0 Å². The highest BCUT2D eigenvalue weighted by molar-refractivity contribution is 6.31. The Labute approximate surface area is 175 Å². The van der Waals surface area contributed by atoms with E-state index in [1.165, 1.54) is 0 Å². The predicted molar refractivity (Wildman–Crippen MR) is 111 cm³/mol. The maximum Gasteiger partial charge on any atom is 0.239 e. The third-order valence-electron chi connectivity index (χ3n) is 4.82.